The van der Waals surface area contributed by atoms with Crippen molar-refractivity contribution < 1.29 is 9.18 Å². The number of carbonyl (C=O) groups is 1. The molecule has 0 unspecified atom stereocenters. The molecule has 1 saturated carbocycles. The minimum atomic E-state index is -0.486. The topological polar surface area (TPSA) is 110 Å². The molecule has 7 nitrogen and oxygen atoms in total. The van der Waals surface area contributed by atoms with Gasteiger partial charge < -0.3 is 11.1 Å². The molecule has 1 aliphatic rings. The number of rotatable bonds is 3. The number of amides is 1. The number of benzene rings is 1. The number of nitrogens with one attached hydrogen (secondary N) is 2. The SMILES string of the molecule is Cc1ccncc1-c1cc2cc(NC(=O)C3CC3)ncc2c(N)c1F.c1cn[nH]c1. The van der Waals surface area contributed by atoms with Gasteiger partial charge in [-0.2, -0.15) is 5.10 Å². The van der Waals surface area contributed by atoms with E-state index >= 15 is 0 Å². The van der Waals surface area contributed by atoms with E-state index in [2.05, 4.69) is 25.5 Å². The number of anilines is 2. The molecule has 3 heterocycles. The number of aromatic amines is 1. The summed E-state index contributed by atoms with van der Waals surface area (Å²) in [5.74, 6) is 0.0269. The van der Waals surface area contributed by atoms with Gasteiger partial charge in [0.05, 0.1) is 5.69 Å². The Bertz CT molecular complexity index is 1170. The molecular weight excluding hydrogens is 383 g/mol. The van der Waals surface area contributed by atoms with Crippen molar-refractivity contribution in [1.82, 2.24) is 20.2 Å². The maximum Gasteiger partial charge on any atom is 0.228 e. The van der Waals surface area contributed by atoms with Crippen molar-refractivity contribution in [2.75, 3.05) is 11.1 Å². The Labute approximate surface area is 172 Å². The summed E-state index contributed by atoms with van der Waals surface area (Å²) in [6.07, 6.45) is 10.1. The van der Waals surface area contributed by atoms with Gasteiger partial charge in [-0.15, -0.1) is 0 Å². The van der Waals surface area contributed by atoms with Gasteiger partial charge in [0.2, 0.25) is 5.91 Å². The molecule has 5 rings (SSSR count). The van der Waals surface area contributed by atoms with Crippen LogP contribution in [0.5, 0.6) is 0 Å². The molecule has 152 valence electrons. The Balaban J connectivity index is 0.000000383. The van der Waals surface area contributed by atoms with Crippen LogP contribution in [0.2, 0.25) is 0 Å². The zero-order chi connectivity index (χ0) is 21.1. The number of hydrogen-bond donors (Lipinski definition) is 3. The van der Waals surface area contributed by atoms with Crippen molar-refractivity contribution in [1.29, 1.82) is 0 Å². The van der Waals surface area contributed by atoms with Crippen molar-refractivity contribution in [2.24, 2.45) is 5.92 Å². The quantitative estimate of drug-likeness (QED) is 0.446. The first kappa shape index (κ1) is 19.5. The van der Waals surface area contributed by atoms with E-state index in [1.807, 2.05) is 19.1 Å². The van der Waals surface area contributed by atoms with Crippen molar-refractivity contribution in [3.05, 3.63) is 66.6 Å². The molecule has 4 aromatic rings. The molecule has 0 bridgehead atoms. The highest BCUT2D eigenvalue weighted by atomic mass is 19.1. The van der Waals surface area contributed by atoms with Gasteiger partial charge in [-0.25, -0.2) is 9.37 Å². The van der Waals surface area contributed by atoms with Gasteiger partial charge in [0, 0.05) is 53.4 Å². The summed E-state index contributed by atoms with van der Waals surface area (Å²) in [7, 11) is 0. The molecule has 0 atom stereocenters. The molecule has 30 heavy (non-hydrogen) atoms. The monoisotopic (exact) mass is 404 g/mol. The van der Waals surface area contributed by atoms with Gasteiger partial charge in [-0.1, -0.05) is 0 Å². The third-order valence-corrected chi connectivity index (χ3v) is 4.93. The summed E-state index contributed by atoms with van der Waals surface area (Å²) >= 11 is 0. The standard InChI is InChI=1S/C19H17FN4O.C3H4N2/c1-10-4-5-22-8-14(10)13-6-12-7-16(24-19(25)11-2-3-11)23-9-15(12)18(21)17(13)20;1-2-4-5-3-1/h4-9,11H,2-3,21H2,1H3,(H,23,24,25);1-3H,(H,4,5). The minimum absolute atomic E-state index is 0.0229. The third-order valence-electron chi connectivity index (χ3n) is 4.93. The zero-order valence-electron chi connectivity index (χ0n) is 16.4. The Morgan fingerprint density at radius 3 is 2.70 bits per heavy atom. The zero-order valence-corrected chi connectivity index (χ0v) is 16.4. The summed E-state index contributed by atoms with van der Waals surface area (Å²) in [6.45, 7) is 1.89. The molecule has 1 aromatic carbocycles. The van der Waals surface area contributed by atoms with E-state index in [0.717, 1.165) is 23.8 Å². The van der Waals surface area contributed by atoms with Crippen molar-refractivity contribution in [2.45, 2.75) is 19.8 Å². The average Bonchev–Trinajstić information content (AvgIpc) is 3.43. The summed E-state index contributed by atoms with van der Waals surface area (Å²) in [5, 5.41) is 10.3. The van der Waals surface area contributed by atoms with Gasteiger partial charge in [-0.3, -0.25) is 14.9 Å². The number of fused-ring (bicyclic) bond motifs is 1. The second-order valence-corrected chi connectivity index (χ2v) is 7.16. The van der Waals surface area contributed by atoms with E-state index in [9.17, 15) is 9.18 Å². The molecule has 0 spiro atoms. The lowest BCUT2D eigenvalue weighted by atomic mass is 9.98. The number of aryl methyl sites for hydroxylation is 1. The predicted octanol–water partition coefficient (Wildman–Crippen LogP) is 4.08. The Morgan fingerprint density at radius 1 is 1.23 bits per heavy atom. The Hall–Kier alpha value is -3.81. The van der Waals surface area contributed by atoms with Crippen LogP contribution in [0.25, 0.3) is 21.9 Å². The average molecular weight is 404 g/mol. The van der Waals surface area contributed by atoms with Crippen LogP contribution in [0, 0.1) is 18.7 Å². The third kappa shape index (κ3) is 4.12. The number of pyridine rings is 2. The number of nitrogens with two attached hydrogens (primary N) is 1. The summed E-state index contributed by atoms with van der Waals surface area (Å²) in [6, 6.07) is 7.10. The number of halogens is 1. The molecule has 1 fully saturated rings. The van der Waals surface area contributed by atoms with Gasteiger partial charge >= 0.3 is 0 Å². The van der Waals surface area contributed by atoms with Crippen LogP contribution in [0.1, 0.15) is 18.4 Å². The first-order valence-corrected chi connectivity index (χ1v) is 9.58. The summed E-state index contributed by atoms with van der Waals surface area (Å²) in [5.41, 5.74) is 8.02. The van der Waals surface area contributed by atoms with Crippen molar-refractivity contribution in [3.8, 4) is 11.1 Å². The molecule has 0 saturated heterocycles. The first-order chi connectivity index (χ1) is 14.5. The van der Waals surface area contributed by atoms with Gasteiger partial charge in [0.25, 0.3) is 0 Å². The van der Waals surface area contributed by atoms with E-state index in [4.69, 9.17) is 5.73 Å². The molecule has 3 aromatic heterocycles. The first-order valence-electron chi connectivity index (χ1n) is 9.58. The molecule has 8 heteroatoms. The lowest BCUT2D eigenvalue weighted by molar-refractivity contribution is -0.117. The van der Waals surface area contributed by atoms with Crippen LogP contribution < -0.4 is 11.1 Å². The Kier molecular flexibility index (Phi) is 5.38. The number of nitrogen functional groups attached to an aromatic ring is 1. The fourth-order valence-electron chi connectivity index (χ4n) is 3.10. The van der Waals surface area contributed by atoms with E-state index < -0.39 is 5.82 Å². The highest BCUT2D eigenvalue weighted by molar-refractivity contribution is 6.00. The molecule has 0 aliphatic heterocycles. The number of nitrogens with zero attached hydrogens (tertiary/aromatic N) is 3. The van der Waals surface area contributed by atoms with Crippen molar-refractivity contribution in [3.63, 3.8) is 0 Å². The normalized spacial score (nSPS) is 12.9. The second kappa shape index (κ2) is 8.28. The lowest BCUT2D eigenvalue weighted by Crippen LogP contribution is -2.14. The number of hydrogen-bond acceptors (Lipinski definition) is 5. The molecule has 0 radical (unpaired) electrons. The van der Waals surface area contributed by atoms with Crippen LogP contribution in [0.4, 0.5) is 15.9 Å². The molecular formula is C22H21FN6O. The second-order valence-electron chi connectivity index (χ2n) is 7.16. The van der Waals surface area contributed by atoms with Gasteiger partial charge in [0.1, 0.15) is 5.82 Å². The van der Waals surface area contributed by atoms with E-state index in [1.165, 1.54) is 6.20 Å². The maximum absolute atomic E-state index is 14.8. The van der Waals surface area contributed by atoms with Crippen molar-refractivity contribution >= 4 is 28.2 Å². The fourth-order valence-corrected chi connectivity index (χ4v) is 3.10. The smallest absolute Gasteiger partial charge is 0.228 e. The predicted molar refractivity (Wildman–Crippen MR) is 114 cm³/mol. The molecule has 4 N–H and O–H groups in total. The van der Waals surface area contributed by atoms with Crippen LogP contribution in [0.15, 0.2) is 55.2 Å². The number of H-pyrrole nitrogens is 1. The van der Waals surface area contributed by atoms with Crippen LogP contribution in [-0.4, -0.2) is 26.1 Å². The van der Waals surface area contributed by atoms with Gasteiger partial charge in [0.15, 0.2) is 5.82 Å². The number of aromatic nitrogens is 4. The number of carbonyl (C=O) groups excluding carboxylic acids is 1. The molecule has 1 aliphatic carbocycles. The minimum Gasteiger partial charge on any atom is -0.396 e. The Morgan fingerprint density at radius 2 is 2.07 bits per heavy atom. The van der Waals surface area contributed by atoms with Crippen LogP contribution in [0.3, 0.4) is 0 Å². The highest BCUT2D eigenvalue weighted by Crippen LogP contribution is 2.35. The molecule has 1 amide bonds. The van der Waals surface area contributed by atoms with E-state index in [1.54, 1.807) is 36.9 Å². The summed E-state index contributed by atoms with van der Waals surface area (Å²) in [4.78, 5) is 20.2. The van der Waals surface area contributed by atoms with Crippen LogP contribution >= 0.6 is 0 Å². The van der Waals surface area contributed by atoms with Gasteiger partial charge in [-0.05, 0) is 55.0 Å². The van der Waals surface area contributed by atoms with E-state index in [0.29, 0.717) is 22.3 Å². The largest absolute Gasteiger partial charge is 0.396 e. The summed E-state index contributed by atoms with van der Waals surface area (Å²) < 4.78 is 14.8. The maximum atomic E-state index is 14.8. The lowest BCUT2D eigenvalue weighted by Gasteiger charge is -2.12. The van der Waals surface area contributed by atoms with Crippen LogP contribution in [-0.2, 0) is 4.79 Å². The fraction of sp³-hybridized carbons (Fsp3) is 0.182. The highest BCUT2D eigenvalue weighted by Gasteiger charge is 2.29. The van der Waals surface area contributed by atoms with E-state index in [-0.39, 0.29) is 17.5 Å².